The first-order chi connectivity index (χ1) is 14.9. The van der Waals surface area contributed by atoms with Crippen molar-refractivity contribution in [3.63, 3.8) is 0 Å². The molecular formula is C25H51N3O3. The lowest BCUT2D eigenvalue weighted by molar-refractivity contribution is -0.858. The van der Waals surface area contributed by atoms with E-state index in [2.05, 4.69) is 44.2 Å². The summed E-state index contributed by atoms with van der Waals surface area (Å²) in [5, 5.41) is 12.2. The van der Waals surface area contributed by atoms with Crippen LogP contribution in [0.25, 0.3) is 0 Å². The van der Waals surface area contributed by atoms with Gasteiger partial charge in [-0.15, -0.1) is 0 Å². The van der Waals surface area contributed by atoms with Crippen LogP contribution in [0.1, 0.15) is 103 Å². The number of hydrogen-bond donors (Lipinski definition) is 3. The highest BCUT2D eigenvalue weighted by Crippen LogP contribution is 2.09. The maximum atomic E-state index is 11.7. The van der Waals surface area contributed by atoms with Gasteiger partial charge in [-0.25, -0.2) is 0 Å². The number of nitrogens with one attached hydrogen (secondary N) is 2. The van der Waals surface area contributed by atoms with Crippen LogP contribution >= 0.6 is 0 Å². The highest BCUT2D eigenvalue weighted by Gasteiger charge is 2.01. The third-order valence-corrected chi connectivity index (χ3v) is 5.01. The van der Waals surface area contributed by atoms with E-state index in [-0.39, 0.29) is 12.5 Å². The van der Waals surface area contributed by atoms with E-state index >= 15 is 0 Å². The number of amides is 1. The van der Waals surface area contributed by atoms with Crippen molar-refractivity contribution in [1.82, 2.24) is 5.32 Å². The van der Waals surface area contributed by atoms with Crippen LogP contribution in [0.15, 0.2) is 12.2 Å². The minimum Gasteiger partial charge on any atom is -0.549 e. The number of unbranched alkanes of at least 4 members (excludes halogenated alkanes) is 11. The first kappa shape index (κ1) is 31.8. The van der Waals surface area contributed by atoms with Gasteiger partial charge in [-0.1, -0.05) is 70.4 Å². The normalized spacial score (nSPS) is 10.9. The summed E-state index contributed by atoms with van der Waals surface area (Å²) in [6.45, 7) is 3.83. The van der Waals surface area contributed by atoms with Gasteiger partial charge in [0.1, 0.15) is 0 Å². The first-order valence-corrected chi connectivity index (χ1v) is 12.5. The average Bonchev–Trinajstić information content (AvgIpc) is 2.74. The van der Waals surface area contributed by atoms with Crippen LogP contribution in [-0.4, -0.2) is 45.6 Å². The molecule has 0 aliphatic heterocycles. The Bertz CT molecular complexity index is 426. The number of carboxylic acids is 1. The second-order valence-electron chi connectivity index (χ2n) is 8.57. The molecule has 0 radical (unpaired) electrons. The van der Waals surface area contributed by atoms with Crippen molar-refractivity contribution in [3.8, 4) is 0 Å². The largest absolute Gasteiger partial charge is 0.549 e. The Morgan fingerprint density at radius 1 is 0.839 bits per heavy atom. The Morgan fingerprint density at radius 3 is 1.81 bits per heavy atom. The van der Waals surface area contributed by atoms with E-state index in [0.717, 1.165) is 25.9 Å². The van der Waals surface area contributed by atoms with Crippen molar-refractivity contribution in [1.29, 1.82) is 0 Å². The van der Waals surface area contributed by atoms with Gasteiger partial charge in [0.05, 0.1) is 26.6 Å². The lowest BCUT2D eigenvalue weighted by Gasteiger charge is -2.08. The van der Waals surface area contributed by atoms with Crippen molar-refractivity contribution in [2.24, 2.45) is 5.73 Å². The van der Waals surface area contributed by atoms with Gasteiger partial charge in [0, 0.05) is 25.9 Å². The summed E-state index contributed by atoms with van der Waals surface area (Å²) in [6.07, 6.45) is 23.4. The highest BCUT2D eigenvalue weighted by atomic mass is 16.4. The van der Waals surface area contributed by atoms with E-state index in [9.17, 15) is 4.79 Å². The average molecular weight is 442 g/mol. The van der Waals surface area contributed by atoms with Crippen molar-refractivity contribution in [2.75, 3.05) is 33.7 Å². The summed E-state index contributed by atoms with van der Waals surface area (Å²) in [4.78, 5) is 22.3. The molecule has 0 fully saturated rings. The summed E-state index contributed by atoms with van der Waals surface area (Å²) in [6, 6.07) is 0. The molecule has 0 saturated heterocycles. The van der Waals surface area contributed by atoms with Crippen LogP contribution in [0.2, 0.25) is 0 Å². The molecule has 0 atom stereocenters. The number of nitrogens with two attached hydrogens (primary N) is 1. The van der Waals surface area contributed by atoms with Crippen LogP contribution < -0.4 is 21.1 Å². The number of carbonyl (C=O) groups is 2. The fraction of sp³-hybridized carbons (Fsp3) is 0.840. The molecule has 0 aromatic carbocycles. The maximum Gasteiger partial charge on any atom is 0.219 e. The van der Waals surface area contributed by atoms with Gasteiger partial charge < -0.3 is 25.9 Å². The summed E-state index contributed by atoms with van der Waals surface area (Å²) >= 11 is 0. The third kappa shape index (κ3) is 33.4. The minimum absolute atomic E-state index is 0.233. The number of aliphatic carboxylic acids is 1. The molecule has 0 rings (SSSR count). The summed E-state index contributed by atoms with van der Waals surface area (Å²) in [7, 11) is 4.29. The SMILES string of the molecule is CCCCCCCC/C=C\CCCCCCCC(=O)NCCC[NH+](C)C.NCC(=O)[O-]. The molecule has 6 heteroatoms. The Labute approximate surface area is 192 Å². The molecule has 31 heavy (non-hydrogen) atoms. The molecule has 0 heterocycles. The van der Waals surface area contributed by atoms with Crippen molar-refractivity contribution >= 4 is 11.9 Å². The fourth-order valence-electron chi connectivity index (χ4n) is 3.11. The summed E-state index contributed by atoms with van der Waals surface area (Å²) in [5.74, 6) is -0.985. The molecule has 184 valence electrons. The number of carbonyl (C=O) groups excluding carboxylic acids is 2. The number of allylic oxidation sites excluding steroid dienone is 2. The Balaban J connectivity index is 0. The summed E-state index contributed by atoms with van der Waals surface area (Å²) in [5.41, 5.74) is 4.51. The van der Waals surface area contributed by atoms with Gasteiger partial charge in [0.25, 0.3) is 0 Å². The molecule has 6 nitrogen and oxygen atoms in total. The molecule has 0 unspecified atom stereocenters. The standard InChI is InChI=1S/C23H46N2O.C2H5NO2/c1-4-5-6-7-8-9-10-11-12-13-14-15-16-17-18-20-23(26)24-21-19-22-25(2)3;3-1-2(4)5/h11-12H,4-10,13-22H2,1-3H3,(H,24,26);1,3H2,(H,4,5)/b12-11-;. The first-order valence-electron chi connectivity index (χ1n) is 12.5. The second-order valence-corrected chi connectivity index (χ2v) is 8.57. The van der Waals surface area contributed by atoms with Crippen molar-refractivity contribution in [2.45, 2.75) is 103 Å². The van der Waals surface area contributed by atoms with Crippen LogP contribution in [0.4, 0.5) is 0 Å². The molecule has 0 aliphatic rings. The lowest BCUT2D eigenvalue weighted by Crippen LogP contribution is -3.05. The number of rotatable bonds is 20. The number of hydrogen-bond acceptors (Lipinski definition) is 4. The van der Waals surface area contributed by atoms with Gasteiger partial charge >= 0.3 is 0 Å². The lowest BCUT2D eigenvalue weighted by atomic mass is 10.1. The summed E-state index contributed by atoms with van der Waals surface area (Å²) < 4.78 is 0. The zero-order valence-corrected chi connectivity index (χ0v) is 20.7. The van der Waals surface area contributed by atoms with Gasteiger partial charge in [-0.3, -0.25) is 4.79 Å². The van der Waals surface area contributed by atoms with Crippen LogP contribution in [0.3, 0.4) is 0 Å². The zero-order valence-electron chi connectivity index (χ0n) is 20.7. The zero-order chi connectivity index (χ0) is 23.6. The quantitative estimate of drug-likeness (QED) is 0.199. The van der Waals surface area contributed by atoms with Gasteiger partial charge in [-0.05, 0) is 32.1 Å². The van der Waals surface area contributed by atoms with Crippen LogP contribution in [0, 0.1) is 0 Å². The minimum atomic E-state index is -1.22. The van der Waals surface area contributed by atoms with Crippen molar-refractivity contribution < 1.29 is 19.6 Å². The molecule has 0 bridgehead atoms. The van der Waals surface area contributed by atoms with E-state index in [1.807, 2.05) is 0 Å². The molecule has 0 saturated carbocycles. The van der Waals surface area contributed by atoms with E-state index in [1.165, 1.54) is 81.9 Å². The second kappa shape index (κ2) is 26.6. The fourth-order valence-corrected chi connectivity index (χ4v) is 3.11. The third-order valence-electron chi connectivity index (χ3n) is 5.01. The monoisotopic (exact) mass is 441 g/mol. The van der Waals surface area contributed by atoms with Gasteiger partial charge in [0.15, 0.2) is 0 Å². The van der Waals surface area contributed by atoms with Gasteiger partial charge in [-0.2, -0.15) is 0 Å². The van der Waals surface area contributed by atoms with Gasteiger partial charge in [0.2, 0.25) is 5.91 Å². The van der Waals surface area contributed by atoms with Crippen molar-refractivity contribution in [3.05, 3.63) is 12.2 Å². The number of quaternary nitrogens is 1. The van der Waals surface area contributed by atoms with Crippen LogP contribution in [0.5, 0.6) is 0 Å². The number of carboxylic acid groups (broad SMARTS) is 1. The molecule has 4 N–H and O–H groups in total. The topological polar surface area (TPSA) is 99.7 Å². The van der Waals surface area contributed by atoms with E-state index in [0.29, 0.717) is 6.42 Å². The van der Waals surface area contributed by atoms with E-state index in [4.69, 9.17) is 9.90 Å². The smallest absolute Gasteiger partial charge is 0.219 e. The van der Waals surface area contributed by atoms with E-state index in [1.54, 1.807) is 0 Å². The Morgan fingerprint density at radius 2 is 1.32 bits per heavy atom. The molecule has 0 aromatic heterocycles. The highest BCUT2D eigenvalue weighted by molar-refractivity contribution is 5.75. The maximum absolute atomic E-state index is 11.7. The van der Waals surface area contributed by atoms with E-state index < -0.39 is 5.97 Å². The predicted molar refractivity (Wildman–Crippen MR) is 129 cm³/mol. The molecule has 0 aromatic rings. The predicted octanol–water partition coefficient (Wildman–Crippen LogP) is 2.37. The molecule has 0 spiro atoms. The van der Waals surface area contributed by atoms with Crippen LogP contribution in [-0.2, 0) is 9.59 Å². The molecular weight excluding hydrogens is 390 g/mol. The molecule has 0 aliphatic carbocycles. The Kier molecular flexibility index (Phi) is 27.3. The molecule has 1 amide bonds. The Hall–Kier alpha value is -1.40.